The minimum absolute atomic E-state index is 0.331. The van der Waals surface area contributed by atoms with Crippen LogP contribution in [0, 0.1) is 11.3 Å². The van der Waals surface area contributed by atoms with Gasteiger partial charge in [-0.2, -0.15) is 5.26 Å². The molecule has 0 amide bonds. The predicted molar refractivity (Wildman–Crippen MR) is 78.4 cm³/mol. The molecule has 4 nitrogen and oxygen atoms in total. The van der Waals surface area contributed by atoms with Gasteiger partial charge in [-0.25, -0.2) is 4.98 Å². The van der Waals surface area contributed by atoms with Crippen molar-refractivity contribution in [3.8, 4) is 11.8 Å². The van der Waals surface area contributed by atoms with E-state index in [4.69, 9.17) is 10.00 Å². The van der Waals surface area contributed by atoms with Crippen LogP contribution in [-0.4, -0.2) is 9.38 Å². The Kier molecular flexibility index (Phi) is 3.40. The van der Waals surface area contributed by atoms with Gasteiger partial charge in [0.25, 0.3) is 0 Å². The van der Waals surface area contributed by atoms with Crippen molar-refractivity contribution in [3.63, 3.8) is 0 Å². The molecule has 3 rings (SSSR count). The van der Waals surface area contributed by atoms with E-state index < -0.39 is 0 Å². The highest BCUT2D eigenvalue weighted by atomic mass is 79.9. The van der Waals surface area contributed by atoms with Gasteiger partial charge in [-0.3, -0.25) is 0 Å². The number of fused-ring (bicyclic) bond motifs is 1. The van der Waals surface area contributed by atoms with E-state index >= 15 is 0 Å². The fourth-order valence-corrected chi connectivity index (χ4v) is 2.28. The van der Waals surface area contributed by atoms with E-state index in [9.17, 15) is 0 Å². The molecule has 0 spiro atoms. The first-order chi connectivity index (χ1) is 9.76. The van der Waals surface area contributed by atoms with Crippen molar-refractivity contribution in [1.29, 1.82) is 5.26 Å². The van der Waals surface area contributed by atoms with Crippen LogP contribution >= 0.6 is 15.9 Å². The van der Waals surface area contributed by atoms with Crippen LogP contribution in [0.4, 0.5) is 0 Å². The second-order valence-electron chi connectivity index (χ2n) is 4.24. The maximum atomic E-state index is 9.08. The zero-order valence-electron chi connectivity index (χ0n) is 10.5. The Bertz CT molecular complexity index is 771. The number of rotatable bonds is 3. The fraction of sp³-hybridized carbons (Fsp3) is 0.0667. The molecular formula is C15H10BrN3O. The first kappa shape index (κ1) is 12.7. The summed E-state index contributed by atoms with van der Waals surface area (Å²) in [5.74, 6) is 0.563. The average molecular weight is 328 g/mol. The van der Waals surface area contributed by atoms with Gasteiger partial charge in [0.05, 0.1) is 11.3 Å². The molecular weight excluding hydrogens is 318 g/mol. The minimum atomic E-state index is 0.331. The Morgan fingerprint density at radius 1 is 1.30 bits per heavy atom. The van der Waals surface area contributed by atoms with Gasteiger partial charge in [0, 0.05) is 16.9 Å². The standard InChI is InChI=1S/C15H10BrN3O/c16-12-4-5-14(11(7-12)8-17)20-10-13-9-19-6-2-1-3-15(19)18-13/h1-7,9H,10H2. The molecule has 20 heavy (non-hydrogen) atoms. The average Bonchev–Trinajstić information content (AvgIpc) is 2.88. The minimum Gasteiger partial charge on any atom is -0.486 e. The van der Waals surface area contributed by atoms with Gasteiger partial charge in [-0.15, -0.1) is 0 Å². The number of halogens is 1. The molecule has 0 unspecified atom stereocenters. The van der Waals surface area contributed by atoms with Crippen molar-refractivity contribution in [1.82, 2.24) is 9.38 Å². The first-order valence-corrected chi connectivity index (χ1v) is 6.80. The third kappa shape index (κ3) is 2.51. The van der Waals surface area contributed by atoms with E-state index in [1.807, 2.05) is 41.1 Å². The van der Waals surface area contributed by atoms with Crippen molar-refractivity contribution >= 4 is 21.6 Å². The lowest BCUT2D eigenvalue weighted by molar-refractivity contribution is 0.301. The molecule has 98 valence electrons. The van der Waals surface area contributed by atoms with Crippen molar-refractivity contribution in [2.24, 2.45) is 0 Å². The lowest BCUT2D eigenvalue weighted by Crippen LogP contribution is -1.97. The predicted octanol–water partition coefficient (Wildman–Crippen LogP) is 3.55. The number of aromatic nitrogens is 2. The number of pyridine rings is 1. The highest BCUT2D eigenvalue weighted by molar-refractivity contribution is 9.10. The van der Waals surface area contributed by atoms with Gasteiger partial charge in [-0.1, -0.05) is 22.0 Å². The molecule has 0 atom stereocenters. The van der Waals surface area contributed by atoms with Crippen molar-refractivity contribution in [2.75, 3.05) is 0 Å². The molecule has 0 aliphatic carbocycles. The number of hydrogen-bond donors (Lipinski definition) is 0. The molecule has 5 heteroatoms. The van der Waals surface area contributed by atoms with Crippen LogP contribution in [0.25, 0.3) is 5.65 Å². The quantitative estimate of drug-likeness (QED) is 0.739. The van der Waals surface area contributed by atoms with Gasteiger partial charge in [0.1, 0.15) is 24.1 Å². The summed E-state index contributed by atoms with van der Waals surface area (Å²) in [6.45, 7) is 0.331. The lowest BCUT2D eigenvalue weighted by Gasteiger charge is -2.06. The van der Waals surface area contributed by atoms with E-state index in [2.05, 4.69) is 27.0 Å². The van der Waals surface area contributed by atoms with Crippen LogP contribution in [0.15, 0.2) is 53.3 Å². The Morgan fingerprint density at radius 2 is 2.20 bits per heavy atom. The smallest absolute Gasteiger partial charge is 0.137 e. The lowest BCUT2D eigenvalue weighted by atomic mass is 10.2. The summed E-state index contributed by atoms with van der Waals surface area (Å²) >= 11 is 3.33. The summed E-state index contributed by atoms with van der Waals surface area (Å²) in [5, 5.41) is 9.08. The summed E-state index contributed by atoms with van der Waals surface area (Å²) in [4.78, 5) is 4.45. The van der Waals surface area contributed by atoms with Crippen LogP contribution in [0.5, 0.6) is 5.75 Å². The topological polar surface area (TPSA) is 50.3 Å². The highest BCUT2D eigenvalue weighted by Crippen LogP contribution is 2.23. The second kappa shape index (κ2) is 5.35. The van der Waals surface area contributed by atoms with E-state index in [1.54, 1.807) is 12.1 Å². The van der Waals surface area contributed by atoms with E-state index in [1.165, 1.54) is 0 Å². The van der Waals surface area contributed by atoms with Crippen LogP contribution in [0.1, 0.15) is 11.3 Å². The SMILES string of the molecule is N#Cc1cc(Br)ccc1OCc1cn2ccccc2n1. The van der Waals surface area contributed by atoms with Gasteiger partial charge in [-0.05, 0) is 30.3 Å². The first-order valence-electron chi connectivity index (χ1n) is 6.01. The van der Waals surface area contributed by atoms with Crippen LogP contribution in [0.3, 0.4) is 0 Å². The normalized spacial score (nSPS) is 10.4. The monoisotopic (exact) mass is 327 g/mol. The second-order valence-corrected chi connectivity index (χ2v) is 5.15. The maximum absolute atomic E-state index is 9.08. The Hall–Kier alpha value is -2.32. The molecule has 0 saturated heterocycles. The summed E-state index contributed by atoms with van der Waals surface area (Å²) < 4.78 is 8.47. The summed E-state index contributed by atoms with van der Waals surface area (Å²) in [6, 6.07) is 13.3. The van der Waals surface area contributed by atoms with Crippen molar-refractivity contribution in [3.05, 3.63) is 64.5 Å². The van der Waals surface area contributed by atoms with E-state index in [0.29, 0.717) is 17.9 Å². The number of benzene rings is 1. The number of hydrogen-bond acceptors (Lipinski definition) is 3. The molecule has 0 saturated carbocycles. The Morgan fingerprint density at radius 3 is 3.00 bits per heavy atom. The largest absolute Gasteiger partial charge is 0.486 e. The molecule has 0 aliphatic rings. The number of nitrogens with zero attached hydrogens (tertiary/aromatic N) is 3. The summed E-state index contributed by atoms with van der Waals surface area (Å²) in [5.41, 5.74) is 2.20. The summed E-state index contributed by atoms with van der Waals surface area (Å²) in [7, 11) is 0. The molecule has 0 radical (unpaired) electrons. The van der Waals surface area contributed by atoms with Gasteiger partial charge >= 0.3 is 0 Å². The molecule has 0 bridgehead atoms. The Labute approximate surface area is 124 Å². The van der Waals surface area contributed by atoms with Crippen molar-refractivity contribution in [2.45, 2.75) is 6.61 Å². The number of nitriles is 1. The fourth-order valence-electron chi connectivity index (χ4n) is 1.92. The Balaban J connectivity index is 1.81. The van der Waals surface area contributed by atoms with Crippen LogP contribution in [0.2, 0.25) is 0 Å². The highest BCUT2D eigenvalue weighted by Gasteiger charge is 2.06. The number of imidazole rings is 1. The van der Waals surface area contributed by atoms with Crippen molar-refractivity contribution < 1.29 is 4.74 Å². The maximum Gasteiger partial charge on any atom is 0.137 e. The van der Waals surface area contributed by atoms with Gasteiger partial charge in [0.15, 0.2) is 0 Å². The third-order valence-corrected chi connectivity index (χ3v) is 3.34. The van der Waals surface area contributed by atoms with E-state index in [0.717, 1.165) is 15.8 Å². The van der Waals surface area contributed by atoms with Gasteiger partial charge in [0.2, 0.25) is 0 Å². The molecule has 3 aromatic rings. The molecule has 0 N–H and O–H groups in total. The third-order valence-electron chi connectivity index (χ3n) is 2.85. The summed E-state index contributed by atoms with van der Waals surface area (Å²) in [6.07, 6.45) is 3.85. The van der Waals surface area contributed by atoms with Crippen LogP contribution in [-0.2, 0) is 6.61 Å². The number of ether oxygens (including phenoxy) is 1. The molecule has 0 aliphatic heterocycles. The zero-order chi connectivity index (χ0) is 13.9. The van der Waals surface area contributed by atoms with Gasteiger partial charge < -0.3 is 9.14 Å². The molecule has 0 fully saturated rings. The molecule has 2 heterocycles. The molecule has 1 aromatic carbocycles. The zero-order valence-corrected chi connectivity index (χ0v) is 12.0. The van der Waals surface area contributed by atoms with E-state index in [-0.39, 0.29) is 0 Å². The van der Waals surface area contributed by atoms with Crippen LogP contribution < -0.4 is 4.74 Å². The molecule has 2 aromatic heterocycles.